The van der Waals surface area contributed by atoms with Crippen LogP contribution < -0.4 is 5.32 Å². The first-order valence-electron chi connectivity index (χ1n) is 8.06. The lowest BCUT2D eigenvalue weighted by Crippen LogP contribution is -2.19. The summed E-state index contributed by atoms with van der Waals surface area (Å²) in [6, 6.07) is 7.76. The summed E-state index contributed by atoms with van der Waals surface area (Å²) >= 11 is 6.25. The van der Waals surface area contributed by atoms with Gasteiger partial charge < -0.3 is 10.1 Å². The predicted octanol–water partition coefficient (Wildman–Crippen LogP) is 3.12. The number of ether oxygens (including phenoxy) is 1. The van der Waals surface area contributed by atoms with Crippen LogP contribution in [0.4, 0.5) is 5.82 Å². The van der Waals surface area contributed by atoms with Crippen molar-refractivity contribution in [2.75, 3.05) is 18.5 Å². The van der Waals surface area contributed by atoms with Crippen LogP contribution in [0.5, 0.6) is 0 Å². The molecule has 24 heavy (non-hydrogen) atoms. The Morgan fingerprint density at radius 3 is 3.04 bits per heavy atom. The van der Waals surface area contributed by atoms with Crippen molar-refractivity contribution in [2.24, 2.45) is 0 Å². The average Bonchev–Trinajstić information content (AvgIpc) is 3.25. The summed E-state index contributed by atoms with van der Waals surface area (Å²) in [6.07, 6.45) is 5.83. The van der Waals surface area contributed by atoms with Crippen LogP contribution in [0.3, 0.4) is 0 Å². The largest absolute Gasteiger partial charge is 0.376 e. The molecule has 0 radical (unpaired) electrons. The summed E-state index contributed by atoms with van der Waals surface area (Å²) in [7, 11) is 0. The molecular weight excluding hydrogens is 326 g/mol. The van der Waals surface area contributed by atoms with Crippen LogP contribution in [0, 0.1) is 0 Å². The van der Waals surface area contributed by atoms with Crippen LogP contribution in [-0.2, 0) is 11.3 Å². The van der Waals surface area contributed by atoms with Gasteiger partial charge in [-0.2, -0.15) is 5.10 Å². The second-order valence-electron chi connectivity index (χ2n) is 5.87. The van der Waals surface area contributed by atoms with Crippen molar-refractivity contribution in [3.8, 4) is 0 Å². The maximum atomic E-state index is 6.25. The van der Waals surface area contributed by atoms with Crippen LogP contribution >= 0.6 is 11.6 Å². The Labute approximate surface area is 144 Å². The number of rotatable bonds is 5. The van der Waals surface area contributed by atoms with E-state index in [1.807, 2.05) is 28.9 Å². The number of hydrogen-bond acceptors (Lipinski definition) is 5. The first-order chi connectivity index (χ1) is 11.8. The Morgan fingerprint density at radius 2 is 2.21 bits per heavy atom. The highest BCUT2D eigenvalue weighted by Crippen LogP contribution is 2.22. The number of fused-ring (bicyclic) bond motifs is 1. The van der Waals surface area contributed by atoms with E-state index in [0.717, 1.165) is 53.4 Å². The second kappa shape index (κ2) is 6.75. The standard InChI is InChI=1S/C17H18ClN5O/c18-15-6-2-1-4-12(15)10-23-17-14(9-22-23)16(20-11-21-17)19-8-13-5-3-7-24-13/h1-2,4,6,9,11,13H,3,5,7-8,10H2,(H,19,20,21)/t13-/m1/s1. The Bertz CT molecular complexity index is 844. The van der Waals surface area contributed by atoms with Crippen molar-refractivity contribution in [1.29, 1.82) is 0 Å². The topological polar surface area (TPSA) is 64.9 Å². The number of nitrogens with zero attached hydrogens (tertiary/aromatic N) is 4. The van der Waals surface area contributed by atoms with Gasteiger partial charge in [0.15, 0.2) is 5.65 Å². The monoisotopic (exact) mass is 343 g/mol. The van der Waals surface area contributed by atoms with E-state index >= 15 is 0 Å². The normalized spacial score (nSPS) is 17.5. The third-order valence-electron chi connectivity index (χ3n) is 4.23. The molecule has 1 aliphatic heterocycles. The zero-order valence-corrected chi connectivity index (χ0v) is 13.9. The van der Waals surface area contributed by atoms with E-state index in [1.165, 1.54) is 0 Å². The summed E-state index contributed by atoms with van der Waals surface area (Å²) in [5, 5.41) is 9.45. The van der Waals surface area contributed by atoms with Crippen molar-refractivity contribution in [2.45, 2.75) is 25.5 Å². The molecule has 1 aromatic carbocycles. The lowest BCUT2D eigenvalue weighted by atomic mass is 10.2. The summed E-state index contributed by atoms with van der Waals surface area (Å²) in [5.74, 6) is 0.793. The minimum atomic E-state index is 0.258. The highest BCUT2D eigenvalue weighted by Gasteiger charge is 2.17. The molecule has 1 fully saturated rings. The summed E-state index contributed by atoms with van der Waals surface area (Å²) in [6.45, 7) is 2.18. The third-order valence-corrected chi connectivity index (χ3v) is 4.60. The zero-order chi connectivity index (χ0) is 16.4. The number of benzene rings is 1. The van der Waals surface area contributed by atoms with E-state index in [9.17, 15) is 0 Å². The van der Waals surface area contributed by atoms with Crippen LogP contribution in [0.15, 0.2) is 36.8 Å². The minimum Gasteiger partial charge on any atom is -0.376 e. The summed E-state index contributed by atoms with van der Waals surface area (Å²) in [5.41, 5.74) is 1.80. The molecule has 0 aliphatic carbocycles. The van der Waals surface area contributed by atoms with Crippen molar-refractivity contribution in [3.63, 3.8) is 0 Å². The van der Waals surface area contributed by atoms with Gasteiger partial charge in [0.2, 0.25) is 0 Å². The molecule has 6 nitrogen and oxygen atoms in total. The van der Waals surface area contributed by atoms with E-state index in [2.05, 4.69) is 20.4 Å². The van der Waals surface area contributed by atoms with Gasteiger partial charge >= 0.3 is 0 Å². The maximum absolute atomic E-state index is 6.25. The maximum Gasteiger partial charge on any atom is 0.163 e. The molecule has 3 aromatic rings. The Balaban J connectivity index is 1.57. The molecule has 3 heterocycles. The van der Waals surface area contributed by atoms with Crippen molar-refractivity contribution in [1.82, 2.24) is 19.7 Å². The molecule has 2 aromatic heterocycles. The van der Waals surface area contributed by atoms with Gasteiger partial charge in [0.05, 0.1) is 24.2 Å². The quantitative estimate of drug-likeness (QED) is 0.771. The third kappa shape index (κ3) is 3.07. The van der Waals surface area contributed by atoms with Crippen LogP contribution in [0.2, 0.25) is 5.02 Å². The number of anilines is 1. The molecule has 0 saturated carbocycles. The number of halogens is 1. The number of hydrogen-bond donors (Lipinski definition) is 1. The van der Waals surface area contributed by atoms with Crippen molar-refractivity contribution >= 4 is 28.5 Å². The van der Waals surface area contributed by atoms with E-state index < -0.39 is 0 Å². The van der Waals surface area contributed by atoms with Gasteiger partial charge in [-0.15, -0.1) is 0 Å². The lowest BCUT2D eigenvalue weighted by molar-refractivity contribution is 0.120. The van der Waals surface area contributed by atoms with Gasteiger partial charge in [0.25, 0.3) is 0 Å². The molecule has 124 valence electrons. The molecule has 0 unspecified atom stereocenters. The molecular formula is C17H18ClN5O. The highest BCUT2D eigenvalue weighted by molar-refractivity contribution is 6.31. The van der Waals surface area contributed by atoms with Gasteiger partial charge in [0.1, 0.15) is 12.1 Å². The first-order valence-corrected chi connectivity index (χ1v) is 8.44. The molecule has 1 N–H and O–H groups in total. The fourth-order valence-electron chi connectivity index (χ4n) is 2.95. The van der Waals surface area contributed by atoms with Crippen LogP contribution in [0.1, 0.15) is 18.4 Å². The van der Waals surface area contributed by atoms with E-state index in [1.54, 1.807) is 12.5 Å². The van der Waals surface area contributed by atoms with Gasteiger partial charge in [-0.3, -0.25) is 0 Å². The highest BCUT2D eigenvalue weighted by atomic mass is 35.5. The summed E-state index contributed by atoms with van der Waals surface area (Å²) in [4.78, 5) is 8.73. The van der Waals surface area contributed by atoms with Crippen molar-refractivity contribution < 1.29 is 4.74 Å². The number of aromatic nitrogens is 4. The van der Waals surface area contributed by atoms with Gasteiger partial charge in [-0.05, 0) is 24.5 Å². The molecule has 0 spiro atoms. The molecule has 7 heteroatoms. The van der Waals surface area contributed by atoms with Crippen molar-refractivity contribution in [3.05, 3.63) is 47.4 Å². The van der Waals surface area contributed by atoms with E-state index in [4.69, 9.17) is 16.3 Å². The fraction of sp³-hybridized carbons (Fsp3) is 0.353. The molecule has 4 rings (SSSR count). The average molecular weight is 344 g/mol. The van der Waals surface area contributed by atoms with E-state index in [0.29, 0.717) is 6.54 Å². The lowest BCUT2D eigenvalue weighted by Gasteiger charge is -2.11. The Morgan fingerprint density at radius 1 is 1.29 bits per heavy atom. The fourth-order valence-corrected chi connectivity index (χ4v) is 3.15. The Hall–Kier alpha value is -2.18. The van der Waals surface area contributed by atoms with Crippen LogP contribution in [-0.4, -0.2) is 39.0 Å². The molecule has 0 bridgehead atoms. The van der Waals surface area contributed by atoms with Gasteiger partial charge in [-0.1, -0.05) is 29.8 Å². The SMILES string of the molecule is Clc1ccccc1Cn1ncc2c(NC[C@H]3CCCO3)ncnc21. The molecule has 1 atom stereocenters. The first kappa shape index (κ1) is 15.4. The molecule has 1 aliphatic rings. The van der Waals surface area contributed by atoms with Gasteiger partial charge in [0, 0.05) is 18.2 Å². The van der Waals surface area contributed by atoms with Gasteiger partial charge in [-0.25, -0.2) is 14.6 Å². The smallest absolute Gasteiger partial charge is 0.163 e. The second-order valence-corrected chi connectivity index (χ2v) is 6.28. The number of nitrogens with one attached hydrogen (secondary N) is 1. The Kier molecular flexibility index (Phi) is 4.32. The molecule has 0 amide bonds. The predicted molar refractivity (Wildman–Crippen MR) is 93.3 cm³/mol. The zero-order valence-electron chi connectivity index (χ0n) is 13.2. The summed E-state index contributed by atoms with van der Waals surface area (Å²) < 4.78 is 7.49. The van der Waals surface area contributed by atoms with E-state index in [-0.39, 0.29) is 6.10 Å². The molecule has 1 saturated heterocycles. The van der Waals surface area contributed by atoms with Crippen LogP contribution in [0.25, 0.3) is 11.0 Å². The minimum absolute atomic E-state index is 0.258.